The van der Waals surface area contributed by atoms with Crippen LogP contribution in [-0.2, 0) is 7.05 Å². The first kappa shape index (κ1) is 10.3. The number of aliphatic hydroxyl groups is 1. The second-order valence-corrected chi connectivity index (χ2v) is 4.19. The molecule has 15 heavy (non-hydrogen) atoms. The molecule has 84 valence electrons. The number of nitrogens with two attached hydrogens (primary N) is 1. The van der Waals surface area contributed by atoms with E-state index in [1.54, 1.807) is 4.68 Å². The van der Waals surface area contributed by atoms with E-state index in [1.165, 1.54) is 0 Å². The van der Waals surface area contributed by atoms with E-state index in [2.05, 4.69) is 10.00 Å². The van der Waals surface area contributed by atoms with E-state index >= 15 is 0 Å². The molecule has 2 rings (SSSR count). The molecule has 0 aromatic carbocycles. The first-order chi connectivity index (χ1) is 7.20. The summed E-state index contributed by atoms with van der Waals surface area (Å²) in [7, 11) is 1.88. The van der Waals surface area contributed by atoms with Crippen molar-refractivity contribution in [1.29, 1.82) is 0 Å². The van der Waals surface area contributed by atoms with Crippen molar-refractivity contribution in [2.24, 2.45) is 13.0 Å². The van der Waals surface area contributed by atoms with Crippen molar-refractivity contribution < 1.29 is 5.11 Å². The van der Waals surface area contributed by atoms with E-state index in [0.717, 1.165) is 37.4 Å². The van der Waals surface area contributed by atoms with Crippen molar-refractivity contribution in [3.05, 3.63) is 6.20 Å². The van der Waals surface area contributed by atoms with Gasteiger partial charge in [-0.05, 0) is 18.8 Å². The molecule has 0 saturated carbocycles. The summed E-state index contributed by atoms with van der Waals surface area (Å²) in [6.45, 7) is 2.23. The molecule has 0 bridgehead atoms. The lowest BCUT2D eigenvalue weighted by atomic mass is 10.1. The number of rotatable bonds is 3. The average molecular weight is 210 g/mol. The molecule has 1 fully saturated rings. The molecule has 5 heteroatoms. The molecule has 0 aliphatic carbocycles. The standard InChI is InChI=1S/C10H18N4O/c1-13-7-9(11)10(12-13)14-4-2-8(6-14)3-5-15/h7-8,15H,2-6,11H2,1H3. The highest BCUT2D eigenvalue weighted by Crippen LogP contribution is 2.28. The minimum atomic E-state index is 0.274. The Labute approximate surface area is 89.5 Å². The van der Waals surface area contributed by atoms with Crippen molar-refractivity contribution in [3.63, 3.8) is 0 Å². The molecule has 1 saturated heterocycles. The molecule has 3 N–H and O–H groups in total. The third kappa shape index (κ3) is 2.07. The van der Waals surface area contributed by atoms with E-state index in [-0.39, 0.29) is 6.61 Å². The normalized spacial score (nSPS) is 21.2. The highest BCUT2D eigenvalue weighted by molar-refractivity contribution is 5.62. The summed E-state index contributed by atoms with van der Waals surface area (Å²) in [5, 5.41) is 13.2. The Balaban J connectivity index is 2.04. The Kier molecular flexibility index (Phi) is 2.81. The van der Waals surface area contributed by atoms with E-state index in [9.17, 15) is 0 Å². The zero-order chi connectivity index (χ0) is 10.8. The zero-order valence-corrected chi connectivity index (χ0v) is 9.06. The number of nitrogen functional groups attached to an aromatic ring is 1. The van der Waals surface area contributed by atoms with Gasteiger partial charge in [0.2, 0.25) is 0 Å². The van der Waals surface area contributed by atoms with Crippen LogP contribution in [0.3, 0.4) is 0 Å². The van der Waals surface area contributed by atoms with Gasteiger partial charge in [0, 0.05) is 32.9 Å². The largest absolute Gasteiger partial charge is 0.396 e. The van der Waals surface area contributed by atoms with E-state index in [1.807, 2.05) is 13.2 Å². The van der Waals surface area contributed by atoms with E-state index in [4.69, 9.17) is 10.8 Å². The lowest BCUT2D eigenvalue weighted by Crippen LogP contribution is -2.21. The molecule has 1 atom stereocenters. The van der Waals surface area contributed by atoms with Crippen molar-refractivity contribution in [1.82, 2.24) is 9.78 Å². The summed E-state index contributed by atoms with van der Waals surface area (Å²) in [4.78, 5) is 2.20. The van der Waals surface area contributed by atoms with Gasteiger partial charge in [0.1, 0.15) is 0 Å². The van der Waals surface area contributed by atoms with Gasteiger partial charge < -0.3 is 15.7 Å². The quantitative estimate of drug-likeness (QED) is 0.748. The number of aryl methyl sites for hydroxylation is 1. The Morgan fingerprint density at radius 3 is 3.07 bits per heavy atom. The molecule has 2 heterocycles. The highest BCUT2D eigenvalue weighted by atomic mass is 16.3. The monoisotopic (exact) mass is 210 g/mol. The summed E-state index contributed by atoms with van der Waals surface area (Å²) < 4.78 is 1.74. The maximum absolute atomic E-state index is 8.88. The molecule has 1 aromatic rings. The lowest BCUT2D eigenvalue weighted by Gasteiger charge is -2.15. The maximum atomic E-state index is 8.88. The molecule has 1 aromatic heterocycles. The van der Waals surface area contributed by atoms with Crippen LogP contribution in [0.25, 0.3) is 0 Å². The number of hydrogen-bond acceptors (Lipinski definition) is 4. The SMILES string of the molecule is Cn1cc(N)c(N2CCC(CCO)C2)n1. The van der Waals surface area contributed by atoms with Crippen LogP contribution in [-0.4, -0.2) is 34.6 Å². The van der Waals surface area contributed by atoms with Crippen molar-refractivity contribution in [2.75, 3.05) is 30.3 Å². The maximum Gasteiger partial charge on any atom is 0.173 e. The van der Waals surface area contributed by atoms with Gasteiger partial charge in [0.25, 0.3) is 0 Å². The zero-order valence-electron chi connectivity index (χ0n) is 9.06. The topological polar surface area (TPSA) is 67.3 Å². The van der Waals surface area contributed by atoms with Gasteiger partial charge in [-0.15, -0.1) is 0 Å². The van der Waals surface area contributed by atoms with Crippen LogP contribution < -0.4 is 10.6 Å². The van der Waals surface area contributed by atoms with Crippen molar-refractivity contribution in [3.8, 4) is 0 Å². The molecule has 5 nitrogen and oxygen atoms in total. The fourth-order valence-electron chi connectivity index (χ4n) is 2.18. The predicted molar refractivity (Wildman–Crippen MR) is 59.6 cm³/mol. The summed E-state index contributed by atoms with van der Waals surface area (Å²) in [6.07, 6.45) is 3.83. The summed E-state index contributed by atoms with van der Waals surface area (Å²) >= 11 is 0. The van der Waals surface area contributed by atoms with Crippen LogP contribution in [0.4, 0.5) is 11.5 Å². The van der Waals surface area contributed by atoms with Gasteiger partial charge in [-0.25, -0.2) is 0 Å². The Hall–Kier alpha value is -1.23. The van der Waals surface area contributed by atoms with Crippen LogP contribution in [0, 0.1) is 5.92 Å². The summed E-state index contributed by atoms with van der Waals surface area (Å²) in [6, 6.07) is 0. The van der Waals surface area contributed by atoms with Gasteiger partial charge in [-0.3, -0.25) is 4.68 Å². The van der Waals surface area contributed by atoms with Crippen molar-refractivity contribution >= 4 is 11.5 Å². The van der Waals surface area contributed by atoms with Crippen LogP contribution >= 0.6 is 0 Å². The number of anilines is 2. The number of aliphatic hydroxyl groups excluding tert-OH is 1. The molecule has 0 spiro atoms. The van der Waals surface area contributed by atoms with Gasteiger partial charge in [-0.2, -0.15) is 5.10 Å². The molecule has 0 radical (unpaired) electrons. The second kappa shape index (κ2) is 4.10. The third-order valence-electron chi connectivity index (χ3n) is 2.96. The molecular weight excluding hydrogens is 192 g/mol. The summed E-state index contributed by atoms with van der Waals surface area (Å²) in [5.41, 5.74) is 6.60. The smallest absolute Gasteiger partial charge is 0.173 e. The fourth-order valence-corrected chi connectivity index (χ4v) is 2.18. The Bertz CT molecular complexity index is 336. The molecule has 1 aliphatic rings. The van der Waals surface area contributed by atoms with Crippen LogP contribution in [0.2, 0.25) is 0 Å². The average Bonchev–Trinajstić information content (AvgIpc) is 2.73. The first-order valence-electron chi connectivity index (χ1n) is 5.35. The minimum Gasteiger partial charge on any atom is -0.396 e. The second-order valence-electron chi connectivity index (χ2n) is 4.19. The predicted octanol–water partition coefficient (Wildman–Crippen LogP) is 0.211. The number of aromatic nitrogens is 2. The van der Waals surface area contributed by atoms with E-state index in [0.29, 0.717) is 5.92 Å². The van der Waals surface area contributed by atoms with Crippen LogP contribution in [0.15, 0.2) is 6.20 Å². The summed E-state index contributed by atoms with van der Waals surface area (Å²) in [5.74, 6) is 1.47. The van der Waals surface area contributed by atoms with Gasteiger partial charge >= 0.3 is 0 Å². The van der Waals surface area contributed by atoms with Crippen LogP contribution in [0.5, 0.6) is 0 Å². The lowest BCUT2D eigenvalue weighted by molar-refractivity contribution is 0.263. The van der Waals surface area contributed by atoms with Gasteiger partial charge in [-0.1, -0.05) is 0 Å². The number of nitrogens with zero attached hydrogens (tertiary/aromatic N) is 3. The van der Waals surface area contributed by atoms with Gasteiger partial charge in [0.15, 0.2) is 5.82 Å². The Morgan fingerprint density at radius 2 is 2.47 bits per heavy atom. The minimum absolute atomic E-state index is 0.274. The van der Waals surface area contributed by atoms with Crippen LogP contribution in [0.1, 0.15) is 12.8 Å². The molecule has 0 amide bonds. The fraction of sp³-hybridized carbons (Fsp3) is 0.700. The van der Waals surface area contributed by atoms with Crippen molar-refractivity contribution in [2.45, 2.75) is 12.8 Å². The Morgan fingerprint density at radius 1 is 1.67 bits per heavy atom. The molecule has 1 aliphatic heterocycles. The number of hydrogen-bond donors (Lipinski definition) is 2. The third-order valence-corrected chi connectivity index (χ3v) is 2.96. The van der Waals surface area contributed by atoms with E-state index < -0.39 is 0 Å². The van der Waals surface area contributed by atoms with Gasteiger partial charge in [0.05, 0.1) is 5.69 Å². The highest BCUT2D eigenvalue weighted by Gasteiger charge is 2.24. The molecule has 1 unspecified atom stereocenters. The molecular formula is C10H18N4O. The first-order valence-corrected chi connectivity index (χ1v) is 5.35.